The molecule has 1 N–H and O–H groups in total. The molecule has 2 rings (SSSR count). The van der Waals surface area contributed by atoms with E-state index < -0.39 is 11.2 Å². The minimum atomic E-state index is -0.602. The molecule has 1 fully saturated rings. The monoisotopic (exact) mass is 247 g/mol. The van der Waals surface area contributed by atoms with Crippen LogP contribution in [0.15, 0.2) is 15.8 Å². The van der Waals surface area contributed by atoms with Gasteiger partial charge in [0.25, 0.3) is 5.56 Å². The second-order valence-corrected chi connectivity index (χ2v) is 4.96. The van der Waals surface area contributed by atoms with Crippen LogP contribution in [0.1, 0.15) is 50.6 Å². The summed E-state index contributed by atoms with van der Waals surface area (Å²) < 4.78 is 1.50. The van der Waals surface area contributed by atoms with Crippen LogP contribution in [-0.4, -0.2) is 9.55 Å². The van der Waals surface area contributed by atoms with Gasteiger partial charge in [-0.2, -0.15) is 5.26 Å². The number of rotatable bonds is 2. The van der Waals surface area contributed by atoms with E-state index in [1.165, 1.54) is 30.0 Å². The van der Waals surface area contributed by atoms with Crippen LogP contribution in [0.3, 0.4) is 0 Å². The predicted octanol–water partition coefficient (Wildman–Crippen LogP) is 1.55. The molecule has 0 aromatic carbocycles. The van der Waals surface area contributed by atoms with Crippen LogP contribution in [-0.2, 0) is 0 Å². The largest absolute Gasteiger partial charge is 0.328 e. The zero-order chi connectivity index (χ0) is 13.1. The van der Waals surface area contributed by atoms with Crippen molar-refractivity contribution < 1.29 is 0 Å². The molecule has 1 aromatic heterocycles. The molecule has 18 heavy (non-hydrogen) atoms. The lowest BCUT2D eigenvalue weighted by molar-refractivity contribution is 0.258. The average molecular weight is 247 g/mol. The summed E-state index contributed by atoms with van der Waals surface area (Å²) in [5, 5.41) is 8.84. The third-order valence-electron chi connectivity index (χ3n) is 3.86. The van der Waals surface area contributed by atoms with Crippen LogP contribution >= 0.6 is 0 Å². The summed E-state index contributed by atoms with van der Waals surface area (Å²) in [5.74, 6) is 0.453. The van der Waals surface area contributed by atoms with Gasteiger partial charge in [0, 0.05) is 12.2 Å². The summed E-state index contributed by atoms with van der Waals surface area (Å²) in [7, 11) is 0. The highest BCUT2D eigenvalue weighted by molar-refractivity contribution is 5.21. The van der Waals surface area contributed by atoms with Gasteiger partial charge in [0.05, 0.1) is 0 Å². The van der Waals surface area contributed by atoms with Crippen molar-refractivity contribution in [3.63, 3.8) is 0 Å². The number of hydrogen-bond acceptors (Lipinski definition) is 3. The maximum Gasteiger partial charge on any atom is 0.328 e. The van der Waals surface area contributed by atoms with E-state index in [9.17, 15) is 9.59 Å². The molecular weight excluding hydrogens is 230 g/mol. The van der Waals surface area contributed by atoms with E-state index in [1.807, 2.05) is 13.0 Å². The van der Waals surface area contributed by atoms with E-state index in [0.717, 1.165) is 12.8 Å². The molecule has 0 saturated heterocycles. The molecule has 1 aromatic rings. The fraction of sp³-hybridized carbons (Fsp3) is 0.615. The van der Waals surface area contributed by atoms with Gasteiger partial charge in [0.2, 0.25) is 0 Å². The standard InChI is InChI=1S/C13H17N3O2/c1-9(10-5-3-2-4-6-10)16-8-11(7-14)12(17)15-13(16)18/h8-10H,2-6H2,1H3,(H,15,17,18). The van der Waals surface area contributed by atoms with Crippen LogP contribution < -0.4 is 11.2 Å². The molecular formula is C13H17N3O2. The van der Waals surface area contributed by atoms with E-state index in [4.69, 9.17) is 5.26 Å². The van der Waals surface area contributed by atoms with Crippen LogP contribution in [0.5, 0.6) is 0 Å². The van der Waals surface area contributed by atoms with Gasteiger partial charge in [-0.3, -0.25) is 14.3 Å². The molecule has 1 aliphatic rings. The maximum atomic E-state index is 11.8. The van der Waals surface area contributed by atoms with Gasteiger partial charge in [0.1, 0.15) is 11.6 Å². The van der Waals surface area contributed by atoms with E-state index in [0.29, 0.717) is 5.92 Å². The lowest BCUT2D eigenvalue weighted by Crippen LogP contribution is -2.35. The summed E-state index contributed by atoms with van der Waals surface area (Å²) in [6, 6.07) is 1.85. The minimum absolute atomic E-state index is 0.00254. The van der Waals surface area contributed by atoms with Gasteiger partial charge in [-0.1, -0.05) is 19.3 Å². The van der Waals surface area contributed by atoms with E-state index >= 15 is 0 Å². The third-order valence-corrected chi connectivity index (χ3v) is 3.86. The first kappa shape index (κ1) is 12.6. The van der Waals surface area contributed by atoms with E-state index in [1.54, 1.807) is 0 Å². The number of aromatic nitrogens is 2. The average Bonchev–Trinajstić information content (AvgIpc) is 2.39. The highest BCUT2D eigenvalue weighted by Gasteiger charge is 2.22. The molecule has 1 unspecified atom stereocenters. The van der Waals surface area contributed by atoms with Crippen LogP contribution in [0, 0.1) is 17.2 Å². The zero-order valence-electron chi connectivity index (χ0n) is 10.5. The highest BCUT2D eigenvalue weighted by Crippen LogP contribution is 2.31. The fourth-order valence-electron chi connectivity index (χ4n) is 2.71. The Morgan fingerprint density at radius 3 is 2.67 bits per heavy atom. The first-order valence-electron chi connectivity index (χ1n) is 6.39. The van der Waals surface area contributed by atoms with Crippen LogP contribution in [0.25, 0.3) is 0 Å². The lowest BCUT2D eigenvalue weighted by Gasteiger charge is -2.28. The van der Waals surface area contributed by atoms with Crippen molar-refractivity contribution in [1.82, 2.24) is 9.55 Å². The van der Waals surface area contributed by atoms with E-state index in [2.05, 4.69) is 4.98 Å². The molecule has 5 heteroatoms. The summed E-state index contributed by atoms with van der Waals surface area (Å²) in [4.78, 5) is 25.3. The Morgan fingerprint density at radius 2 is 2.06 bits per heavy atom. The summed E-state index contributed by atoms with van der Waals surface area (Å²) in [6.07, 6.45) is 7.24. The van der Waals surface area contributed by atoms with Crippen molar-refractivity contribution in [2.24, 2.45) is 5.92 Å². The van der Waals surface area contributed by atoms with Gasteiger partial charge < -0.3 is 0 Å². The Hall–Kier alpha value is -1.83. The molecule has 0 radical (unpaired) electrons. The summed E-state index contributed by atoms with van der Waals surface area (Å²) in [6.45, 7) is 1.98. The normalized spacial score (nSPS) is 18.2. The third kappa shape index (κ3) is 2.37. The van der Waals surface area contributed by atoms with Gasteiger partial charge in [-0.15, -0.1) is 0 Å². The molecule has 5 nitrogen and oxygen atoms in total. The van der Waals surface area contributed by atoms with Crippen molar-refractivity contribution in [3.8, 4) is 6.07 Å². The number of nitrogens with one attached hydrogen (secondary N) is 1. The maximum absolute atomic E-state index is 11.8. The van der Waals surface area contributed by atoms with Crippen molar-refractivity contribution in [2.45, 2.75) is 45.1 Å². The molecule has 0 amide bonds. The summed E-state index contributed by atoms with van der Waals surface area (Å²) in [5.41, 5.74) is -1.02. The van der Waals surface area contributed by atoms with Crippen LogP contribution in [0.4, 0.5) is 0 Å². The smallest absolute Gasteiger partial charge is 0.296 e. The minimum Gasteiger partial charge on any atom is -0.296 e. The number of nitrogens with zero attached hydrogens (tertiary/aromatic N) is 2. The van der Waals surface area contributed by atoms with Gasteiger partial charge in [0.15, 0.2) is 0 Å². The lowest BCUT2D eigenvalue weighted by atomic mass is 9.84. The Balaban J connectivity index is 2.35. The number of H-pyrrole nitrogens is 1. The second-order valence-electron chi connectivity index (χ2n) is 4.96. The SMILES string of the molecule is CC(C1CCCCC1)n1cc(C#N)c(=O)[nH]c1=O. The quantitative estimate of drug-likeness (QED) is 0.861. The molecule has 1 heterocycles. The predicted molar refractivity (Wildman–Crippen MR) is 67.3 cm³/mol. The first-order valence-corrected chi connectivity index (χ1v) is 6.39. The molecule has 96 valence electrons. The molecule has 1 aliphatic carbocycles. The Labute approximate surface area is 105 Å². The number of aromatic amines is 1. The molecule has 0 spiro atoms. The van der Waals surface area contributed by atoms with Crippen molar-refractivity contribution in [2.75, 3.05) is 0 Å². The summed E-state index contributed by atoms with van der Waals surface area (Å²) >= 11 is 0. The van der Waals surface area contributed by atoms with Gasteiger partial charge in [-0.25, -0.2) is 4.79 Å². The van der Waals surface area contributed by atoms with Crippen LogP contribution in [0.2, 0.25) is 0 Å². The fourth-order valence-corrected chi connectivity index (χ4v) is 2.71. The Kier molecular flexibility index (Phi) is 3.66. The molecule has 1 saturated carbocycles. The Morgan fingerprint density at radius 1 is 1.39 bits per heavy atom. The van der Waals surface area contributed by atoms with Crippen molar-refractivity contribution in [1.29, 1.82) is 5.26 Å². The van der Waals surface area contributed by atoms with Gasteiger partial charge in [-0.05, 0) is 25.7 Å². The van der Waals surface area contributed by atoms with E-state index in [-0.39, 0.29) is 11.6 Å². The van der Waals surface area contributed by atoms with Gasteiger partial charge >= 0.3 is 5.69 Å². The number of nitriles is 1. The van der Waals surface area contributed by atoms with Crippen molar-refractivity contribution >= 4 is 0 Å². The topological polar surface area (TPSA) is 78.7 Å². The molecule has 1 atom stereocenters. The molecule has 0 aliphatic heterocycles. The second kappa shape index (κ2) is 5.21. The molecule has 0 bridgehead atoms. The van der Waals surface area contributed by atoms with Crippen molar-refractivity contribution in [3.05, 3.63) is 32.6 Å². The first-order chi connectivity index (χ1) is 8.63. The Bertz CT molecular complexity index is 573. The highest BCUT2D eigenvalue weighted by atomic mass is 16.2. The zero-order valence-corrected chi connectivity index (χ0v) is 10.5. The number of hydrogen-bond donors (Lipinski definition) is 1.